The van der Waals surface area contributed by atoms with E-state index in [1.54, 1.807) is 18.2 Å². The molecule has 0 fully saturated rings. The zero-order valence-electron chi connectivity index (χ0n) is 16.9. The molecule has 0 spiro atoms. The van der Waals surface area contributed by atoms with Gasteiger partial charge in [0.25, 0.3) is 5.91 Å². The minimum Gasteiger partial charge on any atom is -0.384 e. The van der Waals surface area contributed by atoms with E-state index in [9.17, 15) is 9.18 Å². The van der Waals surface area contributed by atoms with Crippen LogP contribution in [0.25, 0.3) is 0 Å². The molecule has 0 unspecified atom stereocenters. The molecule has 1 aromatic heterocycles. The summed E-state index contributed by atoms with van der Waals surface area (Å²) in [5, 5.41) is 10.8. The van der Waals surface area contributed by atoms with Gasteiger partial charge in [-0.25, -0.2) is 4.39 Å². The highest BCUT2D eigenvalue weighted by Gasteiger charge is 2.07. The zero-order valence-corrected chi connectivity index (χ0v) is 16.9. The van der Waals surface area contributed by atoms with E-state index in [0.717, 1.165) is 17.0 Å². The Morgan fingerprint density at radius 1 is 1.20 bits per heavy atom. The predicted molar refractivity (Wildman–Crippen MR) is 112 cm³/mol. The lowest BCUT2D eigenvalue weighted by atomic mass is 10.1. The Morgan fingerprint density at radius 3 is 2.73 bits per heavy atom. The highest BCUT2D eigenvalue weighted by atomic mass is 19.1. The highest BCUT2D eigenvalue weighted by Crippen LogP contribution is 2.10. The third kappa shape index (κ3) is 5.66. The van der Waals surface area contributed by atoms with Crippen molar-refractivity contribution in [3.8, 4) is 0 Å². The van der Waals surface area contributed by atoms with Gasteiger partial charge in [0.1, 0.15) is 5.82 Å². The van der Waals surface area contributed by atoms with Crippen LogP contribution < -0.4 is 11.1 Å². The minimum absolute atomic E-state index is 0.0719. The van der Waals surface area contributed by atoms with Crippen molar-refractivity contribution in [3.05, 3.63) is 88.5 Å². The van der Waals surface area contributed by atoms with Crippen LogP contribution in [0.15, 0.2) is 59.8 Å². The highest BCUT2D eigenvalue weighted by molar-refractivity contribution is 5.97. The summed E-state index contributed by atoms with van der Waals surface area (Å²) in [5.74, 6) is -0.637. The molecule has 0 radical (unpaired) electrons. The summed E-state index contributed by atoms with van der Waals surface area (Å²) in [7, 11) is 0. The third-order valence-corrected chi connectivity index (χ3v) is 4.45. The van der Waals surface area contributed by atoms with Gasteiger partial charge in [0, 0.05) is 23.4 Å². The summed E-state index contributed by atoms with van der Waals surface area (Å²) in [4.78, 5) is 16.9. The predicted octanol–water partition coefficient (Wildman–Crippen LogP) is 2.64. The van der Waals surface area contributed by atoms with Crippen LogP contribution in [0.5, 0.6) is 0 Å². The lowest BCUT2D eigenvalue weighted by Gasteiger charge is -2.08. The summed E-state index contributed by atoms with van der Waals surface area (Å²) in [5.41, 5.74) is 10.1. The Kier molecular flexibility index (Phi) is 6.79. The number of aryl methyl sites for hydroxylation is 2. The Morgan fingerprint density at radius 2 is 2.00 bits per heavy atom. The lowest BCUT2D eigenvalue weighted by Crippen LogP contribution is -2.27. The van der Waals surface area contributed by atoms with Gasteiger partial charge in [-0.05, 0) is 37.6 Å². The maximum atomic E-state index is 13.6. The molecule has 3 N–H and O–H groups in total. The van der Waals surface area contributed by atoms with E-state index in [1.807, 2.05) is 48.9 Å². The lowest BCUT2D eigenvalue weighted by molar-refractivity contribution is -0.125. The third-order valence-electron chi connectivity index (χ3n) is 4.45. The van der Waals surface area contributed by atoms with Crippen molar-refractivity contribution < 1.29 is 14.0 Å². The largest absolute Gasteiger partial charge is 0.384 e. The summed E-state index contributed by atoms with van der Waals surface area (Å²) in [6.07, 6.45) is 0. The number of nitrogens with one attached hydrogen (secondary N) is 1. The fourth-order valence-electron chi connectivity index (χ4n) is 2.94. The maximum absolute atomic E-state index is 13.6. The molecule has 7 nitrogen and oxygen atoms in total. The van der Waals surface area contributed by atoms with Gasteiger partial charge >= 0.3 is 0 Å². The molecule has 0 aliphatic carbocycles. The van der Waals surface area contributed by atoms with Crippen molar-refractivity contribution in [1.29, 1.82) is 0 Å². The zero-order chi connectivity index (χ0) is 21.5. The number of aromatic nitrogens is 2. The van der Waals surface area contributed by atoms with E-state index in [0.29, 0.717) is 17.7 Å². The number of hydrogen-bond acceptors (Lipinski definition) is 4. The molecule has 0 aliphatic heterocycles. The number of amides is 1. The summed E-state index contributed by atoms with van der Waals surface area (Å²) >= 11 is 0. The molecule has 8 heteroatoms. The summed E-state index contributed by atoms with van der Waals surface area (Å²) < 4.78 is 15.5. The standard InChI is InChI=1S/C22H24FN5O2/c1-15-10-16(2)28(26-15)13-17-6-5-8-18(11-17)22(24)27-30-14-21(29)25-12-19-7-3-4-9-20(19)23/h3-11H,12-14H2,1-2H3,(H2,24,27)(H,25,29). The monoisotopic (exact) mass is 409 g/mol. The number of carbonyl (C=O) groups is 1. The Hall–Kier alpha value is -3.68. The molecule has 3 aromatic rings. The fraction of sp³-hybridized carbons (Fsp3) is 0.227. The quantitative estimate of drug-likeness (QED) is 0.340. The molecule has 30 heavy (non-hydrogen) atoms. The molecule has 3 rings (SSSR count). The topological polar surface area (TPSA) is 94.5 Å². The Labute approximate surface area is 174 Å². The molecular weight excluding hydrogens is 385 g/mol. The van der Waals surface area contributed by atoms with Crippen molar-refractivity contribution in [2.75, 3.05) is 6.61 Å². The first kappa shape index (κ1) is 21.0. The number of benzene rings is 2. The Balaban J connectivity index is 1.53. The van der Waals surface area contributed by atoms with Crippen LogP contribution in [0, 0.1) is 19.7 Å². The van der Waals surface area contributed by atoms with Gasteiger partial charge in [-0.15, -0.1) is 0 Å². The average molecular weight is 409 g/mol. The average Bonchev–Trinajstić information content (AvgIpc) is 3.04. The fourth-order valence-corrected chi connectivity index (χ4v) is 2.94. The van der Waals surface area contributed by atoms with E-state index in [1.165, 1.54) is 6.07 Å². The molecule has 0 aliphatic rings. The molecule has 1 heterocycles. The minimum atomic E-state index is -0.423. The molecule has 0 bridgehead atoms. The van der Waals surface area contributed by atoms with Crippen LogP contribution in [-0.2, 0) is 22.7 Å². The molecule has 0 saturated carbocycles. The molecular formula is C22H24FN5O2. The second-order valence-electron chi connectivity index (χ2n) is 6.90. The van der Waals surface area contributed by atoms with Crippen LogP contribution in [0.3, 0.4) is 0 Å². The number of carbonyl (C=O) groups excluding carboxylic acids is 1. The first-order chi connectivity index (χ1) is 14.4. The van der Waals surface area contributed by atoms with E-state index in [4.69, 9.17) is 10.6 Å². The smallest absolute Gasteiger partial charge is 0.261 e. The number of halogens is 1. The van der Waals surface area contributed by atoms with Crippen LogP contribution in [0.4, 0.5) is 4.39 Å². The Bertz CT molecular complexity index is 1060. The molecule has 0 saturated heterocycles. The summed E-state index contributed by atoms with van der Waals surface area (Å²) in [6, 6.07) is 15.8. The van der Waals surface area contributed by atoms with Crippen LogP contribution in [0.2, 0.25) is 0 Å². The van der Waals surface area contributed by atoms with Crippen LogP contribution in [-0.4, -0.2) is 28.1 Å². The number of nitrogens with two attached hydrogens (primary N) is 1. The molecule has 0 atom stereocenters. The SMILES string of the molecule is Cc1cc(C)n(Cc2cccc(/C(N)=N/OCC(=O)NCc3ccccc3F)c2)n1. The number of oxime groups is 1. The van der Waals surface area contributed by atoms with Crippen molar-refractivity contribution in [3.63, 3.8) is 0 Å². The number of rotatable bonds is 8. The van der Waals surface area contributed by atoms with Gasteiger partial charge < -0.3 is 15.9 Å². The van der Waals surface area contributed by atoms with Crippen molar-refractivity contribution in [2.45, 2.75) is 26.9 Å². The normalized spacial score (nSPS) is 11.4. The van der Waals surface area contributed by atoms with Crippen LogP contribution in [0.1, 0.15) is 28.1 Å². The van der Waals surface area contributed by atoms with Crippen molar-refractivity contribution >= 4 is 11.7 Å². The van der Waals surface area contributed by atoms with E-state index in [2.05, 4.69) is 15.6 Å². The van der Waals surface area contributed by atoms with E-state index < -0.39 is 5.91 Å². The molecule has 156 valence electrons. The maximum Gasteiger partial charge on any atom is 0.261 e. The van der Waals surface area contributed by atoms with Gasteiger partial charge in [0.05, 0.1) is 12.2 Å². The van der Waals surface area contributed by atoms with Crippen LogP contribution >= 0.6 is 0 Å². The second-order valence-corrected chi connectivity index (χ2v) is 6.90. The number of nitrogens with zero attached hydrogens (tertiary/aromatic N) is 3. The second kappa shape index (κ2) is 9.69. The van der Waals surface area contributed by atoms with Crippen molar-refractivity contribution in [1.82, 2.24) is 15.1 Å². The van der Waals surface area contributed by atoms with Gasteiger partial charge in [0.15, 0.2) is 12.4 Å². The first-order valence-corrected chi connectivity index (χ1v) is 9.48. The van der Waals surface area contributed by atoms with Gasteiger partial charge in [-0.3, -0.25) is 9.48 Å². The number of amidine groups is 1. The van der Waals surface area contributed by atoms with E-state index >= 15 is 0 Å². The van der Waals surface area contributed by atoms with Gasteiger partial charge in [-0.2, -0.15) is 5.10 Å². The van der Waals surface area contributed by atoms with E-state index in [-0.39, 0.29) is 24.8 Å². The van der Waals surface area contributed by atoms with Gasteiger partial charge in [-0.1, -0.05) is 41.6 Å². The van der Waals surface area contributed by atoms with Gasteiger partial charge in [0.2, 0.25) is 0 Å². The molecule has 2 aromatic carbocycles. The van der Waals surface area contributed by atoms with Crippen molar-refractivity contribution in [2.24, 2.45) is 10.9 Å². The summed E-state index contributed by atoms with van der Waals surface area (Å²) in [6.45, 7) is 4.32. The molecule has 1 amide bonds. The first-order valence-electron chi connectivity index (χ1n) is 9.48. The number of hydrogen-bond donors (Lipinski definition) is 2.